The first-order valence-corrected chi connectivity index (χ1v) is 12.7. The summed E-state index contributed by atoms with van der Waals surface area (Å²) in [5.41, 5.74) is 4.61. The van der Waals surface area contributed by atoms with Crippen LogP contribution in [-0.2, 0) is 0 Å². The average Bonchev–Trinajstić information content (AvgIpc) is 3.47. The van der Waals surface area contributed by atoms with Crippen LogP contribution in [-0.4, -0.2) is 29.8 Å². The number of hydrogen-bond acceptors (Lipinski definition) is 8. The summed E-state index contributed by atoms with van der Waals surface area (Å²) in [5.74, 6) is 1.22. The summed E-state index contributed by atoms with van der Waals surface area (Å²) in [4.78, 5) is 28.9. The lowest BCUT2D eigenvalue weighted by atomic mass is 9.97. The molecule has 0 bridgehead atoms. The first kappa shape index (κ1) is 24.0. The predicted molar refractivity (Wildman–Crippen MR) is 138 cm³/mol. The van der Waals surface area contributed by atoms with Gasteiger partial charge in [-0.25, -0.2) is 0 Å². The fourth-order valence-corrected chi connectivity index (χ4v) is 4.98. The summed E-state index contributed by atoms with van der Waals surface area (Å²) >= 11 is 1.22. The van der Waals surface area contributed by atoms with E-state index >= 15 is 0 Å². The number of amides is 1. The van der Waals surface area contributed by atoms with Gasteiger partial charge >= 0.3 is 0 Å². The van der Waals surface area contributed by atoms with Gasteiger partial charge in [-0.15, -0.1) is 10.2 Å². The van der Waals surface area contributed by atoms with Crippen molar-refractivity contribution in [1.82, 2.24) is 10.2 Å². The maximum Gasteiger partial charge on any atom is 0.297 e. The van der Waals surface area contributed by atoms with Crippen LogP contribution in [0.15, 0.2) is 45.1 Å². The minimum Gasteiger partial charge on any atom is -0.493 e. The van der Waals surface area contributed by atoms with Crippen LogP contribution in [0.3, 0.4) is 0 Å². The zero-order valence-electron chi connectivity index (χ0n) is 20.8. The van der Waals surface area contributed by atoms with Crippen molar-refractivity contribution in [1.29, 1.82) is 0 Å². The molecule has 1 amide bonds. The zero-order valence-corrected chi connectivity index (χ0v) is 21.6. The summed E-state index contributed by atoms with van der Waals surface area (Å²) in [6, 6.07) is 8.33. The van der Waals surface area contributed by atoms with E-state index in [1.807, 2.05) is 32.0 Å². The molecule has 9 heteroatoms. The van der Waals surface area contributed by atoms with Gasteiger partial charge in [0, 0.05) is 0 Å². The van der Waals surface area contributed by atoms with Gasteiger partial charge < -0.3 is 13.9 Å². The first-order valence-electron chi connectivity index (χ1n) is 11.8. The molecule has 1 aliphatic rings. The van der Waals surface area contributed by atoms with Gasteiger partial charge in [-0.3, -0.25) is 14.5 Å². The number of aromatic nitrogens is 2. The third kappa shape index (κ3) is 4.03. The van der Waals surface area contributed by atoms with E-state index in [0.29, 0.717) is 45.7 Å². The third-order valence-electron chi connectivity index (χ3n) is 6.50. The van der Waals surface area contributed by atoms with Gasteiger partial charge in [0.1, 0.15) is 11.1 Å². The molecular formula is C27H27N3O5S. The number of fused-ring (bicyclic) bond motifs is 2. The highest BCUT2D eigenvalue weighted by atomic mass is 32.1. The first-order chi connectivity index (χ1) is 17.3. The number of hydrogen-bond donors (Lipinski definition) is 0. The second kappa shape index (κ2) is 9.39. The Morgan fingerprint density at radius 2 is 1.89 bits per heavy atom. The van der Waals surface area contributed by atoms with Crippen LogP contribution in [0.2, 0.25) is 0 Å². The summed E-state index contributed by atoms with van der Waals surface area (Å²) in [6.45, 7) is 8.72. The Kier molecular flexibility index (Phi) is 6.26. The highest BCUT2D eigenvalue weighted by molar-refractivity contribution is 7.13. The van der Waals surface area contributed by atoms with Crippen molar-refractivity contribution in [3.05, 3.63) is 74.1 Å². The number of aryl methyl sites for hydroxylation is 2. The molecule has 5 rings (SSSR count). The van der Waals surface area contributed by atoms with Crippen LogP contribution < -0.4 is 19.8 Å². The molecule has 1 atom stereocenters. The van der Waals surface area contributed by atoms with E-state index in [-0.39, 0.29) is 16.8 Å². The van der Waals surface area contributed by atoms with Crippen LogP contribution in [0, 0.1) is 19.8 Å². The fraction of sp³-hybridized carbons (Fsp3) is 0.333. The largest absolute Gasteiger partial charge is 0.493 e. The Bertz CT molecular complexity index is 1510. The molecule has 0 N–H and O–H groups in total. The van der Waals surface area contributed by atoms with Gasteiger partial charge in [-0.05, 0) is 67.1 Å². The molecule has 0 spiro atoms. The van der Waals surface area contributed by atoms with Gasteiger partial charge in [0.05, 0.1) is 30.7 Å². The van der Waals surface area contributed by atoms with E-state index in [0.717, 1.165) is 17.5 Å². The van der Waals surface area contributed by atoms with Gasteiger partial charge in [0.2, 0.25) is 10.9 Å². The molecule has 2 aromatic carbocycles. The summed E-state index contributed by atoms with van der Waals surface area (Å²) in [6.07, 6.45) is 0.910. The number of nitrogens with zero attached hydrogens (tertiary/aromatic N) is 3. The van der Waals surface area contributed by atoms with Crippen molar-refractivity contribution < 1.29 is 18.7 Å². The molecular weight excluding hydrogens is 478 g/mol. The maximum atomic E-state index is 13.8. The van der Waals surface area contributed by atoms with Gasteiger partial charge in [0.25, 0.3) is 5.91 Å². The number of methoxy groups -OCH3 is 1. The van der Waals surface area contributed by atoms with E-state index in [9.17, 15) is 9.59 Å². The Hall–Kier alpha value is -3.72. The van der Waals surface area contributed by atoms with Crippen molar-refractivity contribution in [3.63, 3.8) is 0 Å². The number of carbonyl (C=O) groups is 1. The lowest BCUT2D eigenvalue weighted by Gasteiger charge is -2.23. The number of ether oxygens (including phenoxy) is 2. The molecule has 0 fully saturated rings. The number of rotatable bonds is 7. The van der Waals surface area contributed by atoms with E-state index in [1.165, 1.54) is 16.2 Å². The Morgan fingerprint density at radius 1 is 1.11 bits per heavy atom. The quantitative estimate of drug-likeness (QED) is 0.330. The van der Waals surface area contributed by atoms with E-state index in [1.54, 1.807) is 24.8 Å². The highest BCUT2D eigenvalue weighted by Crippen LogP contribution is 2.43. The van der Waals surface area contributed by atoms with Crippen molar-refractivity contribution in [2.45, 2.75) is 40.2 Å². The summed E-state index contributed by atoms with van der Waals surface area (Å²) in [5, 5.41) is 8.85. The van der Waals surface area contributed by atoms with Crippen LogP contribution in [0.1, 0.15) is 59.1 Å². The average molecular weight is 506 g/mol. The normalized spacial score (nSPS) is 15.1. The molecule has 3 heterocycles. The van der Waals surface area contributed by atoms with Gasteiger partial charge in [-0.1, -0.05) is 31.3 Å². The molecule has 2 aromatic heterocycles. The Balaban J connectivity index is 1.68. The maximum absolute atomic E-state index is 13.8. The molecule has 0 aliphatic carbocycles. The van der Waals surface area contributed by atoms with Crippen LogP contribution in [0.4, 0.5) is 5.13 Å². The van der Waals surface area contributed by atoms with Gasteiger partial charge in [-0.2, -0.15) is 0 Å². The van der Waals surface area contributed by atoms with Crippen molar-refractivity contribution >= 4 is 33.3 Å². The standard InChI is InChI=1S/C27H27N3O5S/c1-14(2)8-9-34-19-7-6-17(12-21(19)33-5)23-22-24(31)18-10-15(3)16(4)11-20(18)35-25(22)26(32)30(23)27-29-28-13-36-27/h6-7,10-14,23H,8-9H2,1-5H3. The lowest BCUT2D eigenvalue weighted by molar-refractivity contribution is 0.0970. The molecule has 36 heavy (non-hydrogen) atoms. The minimum absolute atomic E-state index is 0.0205. The third-order valence-corrected chi connectivity index (χ3v) is 7.19. The molecule has 0 radical (unpaired) electrons. The molecule has 0 saturated carbocycles. The number of carbonyl (C=O) groups excluding carboxylic acids is 1. The summed E-state index contributed by atoms with van der Waals surface area (Å²) < 4.78 is 17.6. The second-order valence-electron chi connectivity index (χ2n) is 9.35. The highest BCUT2D eigenvalue weighted by Gasteiger charge is 2.45. The number of anilines is 1. The Morgan fingerprint density at radius 3 is 2.58 bits per heavy atom. The van der Waals surface area contributed by atoms with Crippen molar-refractivity contribution in [2.75, 3.05) is 18.6 Å². The fourth-order valence-electron chi connectivity index (χ4n) is 4.39. The van der Waals surface area contributed by atoms with Crippen LogP contribution in [0.25, 0.3) is 11.0 Å². The SMILES string of the molecule is COc1cc(C2c3c(oc4cc(C)c(C)cc4c3=O)C(=O)N2c2nncs2)ccc1OCCC(C)C. The molecule has 4 aromatic rings. The zero-order chi connectivity index (χ0) is 25.6. The van der Waals surface area contributed by atoms with Crippen molar-refractivity contribution in [3.8, 4) is 11.5 Å². The van der Waals surface area contributed by atoms with Gasteiger partial charge in [0.15, 0.2) is 16.9 Å². The predicted octanol–water partition coefficient (Wildman–Crippen LogP) is 5.44. The van der Waals surface area contributed by atoms with E-state index in [4.69, 9.17) is 13.9 Å². The Labute approximate surface area is 212 Å². The van der Waals surface area contributed by atoms with Crippen molar-refractivity contribution in [2.24, 2.45) is 5.92 Å². The van der Waals surface area contributed by atoms with Crippen LogP contribution in [0.5, 0.6) is 11.5 Å². The van der Waals surface area contributed by atoms with Crippen LogP contribution >= 0.6 is 11.3 Å². The lowest BCUT2D eigenvalue weighted by Crippen LogP contribution is -2.29. The molecule has 1 aliphatic heterocycles. The van der Waals surface area contributed by atoms with E-state index < -0.39 is 11.9 Å². The monoisotopic (exact) mass is 505 g/mol. The molecule has 1 unspecified atom stereocenters. The molecule has 186 valence electrons. The topological polar surface area (TPSA) is 94.8 Å². The number of benzene rings is 2. The molecule has 8 nitrogen and oxygen atoms in total. The minimum atomic E-state index is -0.749. The molecule has 0 saturated heterocycles. The smallest absolute Gasteiger partial charge is 0.297 e. The van der Waals surface area contributed by atoms with E-state index in [2.05, 4.69) is 24.0 Å². The summed E-state index contributed by atoms with van der Waals surface area (Å²) in [7, 11) is 1.57. The second-order valence-corrected chi connectivity index (χ2v) is 10.2.